The summed E-state index contributed by atoms with van der Waals surface area (Å²) in [7, 11) is 0. The predicted octanol–water partition coefficient (Wildman–Crippen LogP) is 3.39. The van der Waals surface area contributed by atoms with Gasteiger partial charge in [0.2, 0.25) is 0 Å². The Balaban J connectivity index is 2.70. The zero-order chi connectivity index (χ0) is 12.3. The van der Waals surface area contributed by atoms with Crippen LogP contribution in [0, 0.1) is 6.92 Å². The number of nitrogens with zero attached hydrogens (tertiary/aromatic N) is 1. The minimum Gasteiger partial charge on any atom is -0.444 e. The first-order valence-electron chi connectivity index (χ1n) is 4.90. The van der Waals surface area contributed by atoms with Gasteiger partial charge in [-0.05, 0) is 39.8 Å². The highest BCUT2D eigenvalue weighted by Gasteiger charge is 2.16. The van der Waals surface area contributed by atoms with E-state index in [0.29, 0.717) is 10.8 Å². The molecule has 1 N–H and O–H groups in total. The van der Waals surface area contributed by atoms with E-state index >= 15 is 0 Å². The van der Waals surface area contributed by atoms with Gasteiger partial charge in [-0.3, -0.25) is 5.32 Å². The summed E-state index contributed by atoms with van der Waals surface area (Å²) in [6.45, 7) is 7.21. The van der Waals surface area contributed by atoms with E-state index < -0.39 is 11.7 Å². The van der Waals surface area contributed by atoms with Crippen LogP contribution in [0.1, 0.15) is 26.5 Å². The average Bonchev–Trinajstić information content (AvgIpc) is 1.96. The van der Waals surface area contributed by atoms with Gasteiger partial charge >= 0.3 is 6.09 Å². The Morgan fingerprint density at radius 2 is 2.06 bits per heavy atom. The Hall–Kier alpha value is -1.29. The number of anilines is 1. The lowest BCUT2D eigenvalue weighted by Gasteiger charge is -2.19. The van der Waals surface area contributed by atoms with Crippen molar-refractivity contribution >= 4 is 23.4 Å². The zero-order valence-corrected chi connectivity index (χ0v) is 10.6. The van der Waals surface area contributed by atoms with Crippen molar-refractivity contribution in [2.45, 2.75) is 33.3 Å². The highest BCUT2D eigenvalue weighted by atomic mass is 35.5. The largest absolute Gasteiger partial charge is 0.444 e. The fraction of sp³-hybridized carbons (Fsp3) is 0.455. The Labute approximate surface area is 100.0 Å². The first-order valence-corrected chi connectivity index (χ1v) is 5.28. The van der Waals surface area contributed by atoms with Gasteiger partial charge in [-0.2, -0.15) is 0 Å². The molecule has 0 atom stereocenters. The van der Waals surface area contributed by atoms with E-state index in [1.165, 1.54) is 0 Å². The number of halogens is 1. The molecular formula is C11H15ClN2O2. The number of amides is 1. The van der Waals surface area contributed by atoms with E-state index in [9.17, 15) is 4.79 Å². The molecule has 0 fully saturated rings. The molecule has 1 amide bonds. The van der Waals surface area contributed by atoms with Gasteiger partial charge in [-0.1, -0.05) is 11.6 Å². The van der Waals surface area contributed by atoms with Crippen LogP contribution in [0.15, 0.2) is 12.1 Å². The lowest BCUT2D eigenvalue weighted by Crippen LogP contribution is -2.27. The molecule has 0 bridgehead atoms. The minimum absolute atomic E-state index is 0.339. The van der Waals surface area contributed by atoms with Crippen LogP contribution in [0.4, 0.5) is 10.5 Å². The standard InChI is InChI=1S/C11H15ClN2O2/c1-7-5-8(6-9(12)13-7)14-10(15)16-11(2,3)4/h5-6H,1-4H3,(H,13,14,15). The summed E-state index contributed by atoms with van der Waals surface area (Å²) in [6, 6.07) is 3.29. The van der Waals surface area contributed by atoms with Gasteiger partial charge in [0, 0.05) is 11.4 Å². The number of ether oxygens (including phenoxy) is 1. The molecule has 16 heavy (non-hydrogen) atoms. The molecule has 0 saturated carbocycles. The maximum atomic E-state index is 11.5. The van der Waals surface area contributed by atoms with Gasteiger partial charge in [0.25, 0.3) is 0 Å². The van der Waals surface area contributed by atoms with Crippen LogP contribution in [-0.4, -0.2) is 16.7 Å². The molecule has 0 aliphatic rings. The van der Waals surface area contributed by atoms with Crippen molar-refractivity contribution < 1.29 is 9.53 Å². The topological polar surface area (TPSA) is 51.2 Å². The smallest absolute Gasteiger partial charge is 0.412 e. The number of carbonyl (C=O) groups excluding carboxylic acids is 1. The van der Waals surface area contributed by atoms with E-state index in [0.717, 1.165) is 5.69 Å². The second-order valence-electron chi connectivity index (χ2n) is 4.45. The molecule has 4 nitrogen and oxygen atoms in total. The van der Waals surface area contributed by atoms with Crippen LogP contribution in [0.2, 0.25) is 5.15 Å². The van der Waals surface area contributed by atoms with Crippen LogP contribution in [0.5, 0.6) is 0 Å². The summed E-state index contributed by atoms with van der Waals surface area (Å²) in [5.74, 6) is 0. The first kappa shape index (κ1) is 12.8. The quantitative estimate of drug-likeness (QED) is 0.768. The molecule has 1 aromatic heterocycles. The van der Waals surface area contributed by atoms with E-state index in [4.69, 9.17) is 16.3 Å². The number of pyridine rings is 1. The van der Waals surface area contributed by atoms with E-state index in [2.05, 4.69) is 10.3 Å². The predicted molar refractivity (Wildman–Crippen MR) is 63.8 cm³/mol. The molecule has 0 aliphatic heterocycles. The Kier molecular flexibility index (Phi) is 3.75. The van der Waals surface area contributed by atoms with Crippen molar-refractivity contribution in [2.24, 2.45) is 0 Å². The number of rotatable bonds is 1. The average molecular weight is 243 g/mol. The van der Waals surface area contributed by atoms with Crippen LogP contribution < -0.4 is 5.32 Å². The van der Waals surface area contributed by atoms with Crippen molar-refractivity contribution in [1.82, 2.24) is 4.98 Å². The third-order valence-corrected chi connectivity index (χ3v) is 1.76. The SMILES string of the molecule is Cc1cc(NC(=O)OC(C)(C)C)cc(Cl)n1. The highest BCUT2D eigenvalue weighted by Crippen LogP contribution is 2.16. The maximum absolute atomic E-state index is 11.5. The molecule has 0 unspecified atom stereocenters. The van der Waals surface area contributed by atoms with E-state index in [1.807, 2.05) is 0 Å². The summed E-state index contributed by atoms with van der Waals surface area (Å²) < 4.78 is 5.11. The van der Waals surface area contributed by atoms with Crippen molar-refractivity contribution in [3.63, 3.8) is 0 Å². The number of aryl methyl sites for hydroxylation is 1. The normalized spacial score (nSPS) is 11.1. The number of hydrogen-bond donors (Lipinski definition) is 1. The second kappa shape index (κ2) is 4.70. The van der Waals surface area contributed by atoms with Crippen LogP contribution >= 0.6 is 11.6 Å². The lowest BCUT2D eigenvalue weighted by atomic mass is 10.2. The molecule has 0 aliphatic carbocycles. The van der Waals surface area contributed by atoms with Crippen molar-refractivity contribution in [1.29, 1.82) is 0 Å². The van der Waals surface area contributed by atoms with Crippen molar-refractivity contribution in [3.8, 4) is 0 Å². The minimum atomic E-state index is -0.518. The maximum Gasteiger partial charge on any atom is 0.412 e. The van der Waals surface area contributed by atoms with E-state index in [-0.39, 0.29) is 0 Å². The number of nitrogens with one attached hydrogen (secondary N) is 1. The van der Waals surface area contributed by atoms with Gasteiger partial charge < -0.3 is 4.74 Å². The third-order valence-electron chi connectivity index (χ3n) is 1.57. The molecule has 1 aromatic rings. The summed E-state index contributed by atoms with van der Waals surface area (Å²) >= 11 is 5.76. The molecule has 88 valence electrons. The van der Waals surface area contributed by atoms with Gasteiger partial charge in [-0.15, -0.1) is 0 Å². The van der Waals surface area contributed by atoms with Crippen molar-refractivity contribution in [3.05, 3.63) is 23.0 Å². The zero-order valence-electron chi connectivity index (χ0n) is 9.80. The molecule has 0 spiro atoms. The number of aromatic nitrogens is 1. The van der Waals surface area contributed by atoms with E-state index in [1.54, 1.807) is 39.8 Å². The molecule has 0 radical (unpaired) electrons. The Bertz CT molecular complexity index is 379. The molecular weight excluding hydrogens is 228 g/mol. The van der Waals surface area contributed by atoms with Crippen LogP contribution in [0.25, 0.3) is 0 Å². The molecule has 1 rings (SSSR count). The molecule has 1 heterocycles. The number of carbonyl (C=O) groups is 1. The van der Waals surface area contributed by atoms with Crippen LogP contribution in [-0.2, 0) is 4.74 Å². The Morgan fingerprint density at radius 1 is 1.44 bits per heavy atom. The monoisotopic (exact) mass is 242 g/mol. The summed E-state index contributed by atoms with van der Waals surface area (Å²) in [5.41, 5.74) is 0.793. The van der Waals surface area contributed by atoms with Gasteiger partial charge in [0.1, 0.15) is 10.8 Å². The summed E-state index contributed by atoms with van der Waals surface area (Å²) in [4.78, 5) is 15.4. The number of hydrogen-bond acceptors (Lipinski definition) is 3. The summed E-state index contributed by atoms with van der Waals surface area (Å²) in [6.07, 6.45) is -0.505. The molecule has 0 saturated heterocycles. The first-order chi connectivity index (χ1) is 7.26. The van der Waals surface area contributed by atoms with Gasteiger partial charge in [-0.25, -0.2) is 9.78 Å². The fourth-order valence-corrected chi connectivity index (χ4v) is 1.37. The second-order valence-corrected chi connectivity index (χ2v) is 4.83. The van der Waals surface area contributed by atoms with Gasteiger partial charge in [0.15, 0.2) is 0 Å². The fourth-order valence-electron chi connectivity index (χ4n) is 1.12. The Morgan fingerprint density at radius 3 is 2.56 bits per heavy atom. The van der Waals surface area contributed by atoms with Crippen LogP contribution in [0.3, 0.4) is 0 Å². The van der Waals surface area contributed by atoms with Crippen molar-refractivity contribution in [2.75, 3.05) is 5.32 Å². The molecule has 5 heteroatoms. The van der Waals surface area contributed by atoms with Gasteiger partial charge in [0.05, 0.1) is 0 Å². The lowest BCUT2D eigenvalue weighted by molar-refractivity contribution is 0.0636. The highest BCUT2D eigenvalue weighted by molar-refractivity contribution is 6.29. The summed E-state index contributed by atoms with van der Waals surface area (Å²) in [5, 5.41) is 2.93. The molecule has 0 aromatic carbocycles. The third kappa shape index (κ3) is 4.49.